The van der Waals surface area contributed by atoms with Crippen LogP contribution in [0.2, 0.25) is 0 Å². The van der Waals surface area contributed by atoms with Gasteiger partial charge in [-0.15, -0.1) is 5.10 Å². The first-order chi connectivity index (χ1) is 7.74. The molecule has 88 valence electrons. The second-order valence-electron chi connectivity index (χ2n) is 4.57. The van der Waals surface area contributed by atoms with Gasteiger partial charge in [-0.05, 0) is 25.3 Å². The minimum atomic E-state index is 0.369. The Kier molecular flexibility index (Phi) is 3.72. The lowest BCUT2D eigenvalue weighted by Crippen LogP contribution is -2.25. The average Bonchev–Trinajstić information content (AvgIpc) is 2.22. The molecule has 1 aromatic rings. The van der Waals surface area contributed by atoms with Crippen LogP contribution in [-0.2, 0) is 6.54 Å². The van der Waals surface area contributed by atoms with E-state index in [2.05, 4.69) is 29.4 Å². The van der Waals surface area contributed by atoms with Gasteiger partial charge in [0.1, 0.15) is 6.10 Å². The summed E-state index contributed by atoms with van der Waals surface area (Å²) in [5.41, 5.74) is 0.953. The third-order valence-electron chi connectivity index (χ3n) is 2.73. The van der Waals surface area contributed by atoms with Crippen LogP contribution in [0.15, 0.2) is 12.1 Å². The SMILES string of the molecule is CC(C)NCc1ccc(OC2CCC2)nn1. The van der Waals surface area contributed by atoms with E-state index in [9.17, 15) is 0 Å². The van der Waals surface area contributed by atoms with Crippen LogP contribution in [-0.4, -0.2) is 22.3 Å². The zero-order valence-corrected chi connectivity index (χ0v) is 9.94. The average molecular weight is 221 g/mol. The number of rotatable bonds is 5. The summed E-state index contributed by atoms with van der Waals surface area (Å²) >= 11 is 0. The van der Waals surface area contributed by atoms with Crippen molar-refractivity contribution in [3.8, 4) is 5.88 Å². The maximum Gasteiger partial charge on any atom is 0.233 e. The molecule has 0 amide bonds. The summed E-state index contributed by atoms with van der Waals surface area (Å²) in [6, 6.07) is 4.34. The van der Waals surface area contributed by atoms with Crippen LogP contribution < -0.4 is 10.1 Å². The largest absolute Gasteiger partial charge is 0.473 e. The lowest BCUT2D eigenvalue weighted by molar-refractivity contribution is 0.113. The second kappa shape index (κ2) is 5.25. The Labute approximate surface area is 96.4 Å². The van der Waals surface area contributed by atoms with Crippen LogP contribution in [0.1, 0.15) is 38.8 Å². The van der Waals surface area contributed by atoms with Crippen LogP contribution in [0, 0.1) is 0 Å². The quantitative estimate of drug-likeness (QED) is 0.825. The van der Waals surface area contributed by atoms with E-state index in [1.807, 2.05) is 12.1 Å². The van der Waals surface area contributed by atoms with Crippen molar-refractivity contribution in [2.24, 2.45) is 0 Å². The molecule has 0 aliphatic heterocycles. The fraction of sp³-hybridized carbons (Fsp3) is 0.667. The van der Waals surface area contributed by atoms with Crippen LogP contribution in [0.3, 0.4) is 0 Å². The number of hydrogen-bond donors (Lipinski definition) is 1. The smallest absolute Gasteiger partial charge is 0.233 e. The molecule has 1 N–H and O–H groups in total. The molecular formula is C12H19N3O. The maximum atomic E-state index is 5.64. The lowest BCUT2D eigenvalue weighted by atomic mass is 9.96. The van der Waals surface area contributed by atoms with Gasteiger partial charge in [0, 0.05) is 18.7 Å². The predicted molar refractivity (Wildman–Crippen MR) is 62.3 cm³/mol. The molecule has 0 aromatic carbocycles. The highest BCUT2D eigenvalue weighted by Crippen LogP contribution is 2.23. The fourth-order valence-electron chi connectivity index (χ4n) is 1.47. The van der Waals surface area contributed by atoms with E-state index < -0.39 is 0 Å². The molecule has 0 atom stereocenters. The second-order valence-corrected chi connectivity index (χ2v) is 4.57. The van der Waals surface area contributed by atoms with Gasteiger partial charge in [-0.1, -0.05) is 13.8 Å². The van der Waals surface area contributed by atoms with Crippen LogP contribution in [0.25, 0.3) is 0 Å². The van der Waals surface area contributed by atoms with Crippen LogP contribution in [0.5, 0.6) is 5.88 Å². The molecule has 1 aromatic heterocycles. The van der Waals surface area contributed by atoms with E-state index in [0.717, 1.165) is 25.1 Å². The Hall–Kier alpha value is -1.16. The Morgan fingerprint density at radius 2 is 2.19 bits per heavy atom. The van der Waals surface area contributed by atoms with E-state index in [-0.39, 0.29) is 0 Å². The summed E-state index contributed by atoms with van der Waals surface area (Å²) in [5.74, 6) is 0.651. The highest BCUT2D eigenvalue weighted by Gasteiger charge is 2.19. The number of aromatic nitrogens is 2. The van der Waals surface area contributed by atoms with Gasteiger partial charge >= 0.3 is 0 Å². The molecule has 4 nitrogen and oxygen atoms in total. The third-order valence-corrected chi connectivity index (χ3v) is 2.73. The summed E-state index contributed by atoms with van der Waals surface area (Å²) < 4.78 is 5.64. The molecule has 16 heavy (non-hydrogen) atoms. The van der Waals surface area contributed by atoms with Crippen LogP contribution in [0.4, 0.5) is 0 Å². The molecule has 1 saturated carbocycles. The van der Waals surface area contributed by atoms with Gasteiger partial charge in [0.05, 0.1) is 5.69 Å². The zero-order valence-electron chi connectivity index (χ0n) is 9.94. The van der Waals surface area contributed by atoms with Crippen molar-refractivity contribution in [1.82, 2.24) is 15.5 Å². The van der Waals surface area contributed by atoms with E-state index in [4.69, 9.17) is 4.74 Å². The summed E-state index contributed by atoms with van der Waals surface area (Å²) in [6.07, 6.45) is 3.94. The molecule has 1 fully saturated rings. The standard InChI is InChI=1S/C12H19N3O/c1-9(2)13-8-10-6-7-12(15-14-10)16-11-4-3-5-11/h6-7,9,11,13H,3-5,8H2,1-2H3. The zero-order chi connectivity index (χ0) is 11.4. The van der Waals surface area contributed by atoms with E-state index in [0.29, 0.717) is 18.0 Å². The number of nitrogens with one attached hydrogen (secondary N) is 1. The summed E-state index contributed by atoms with van der Waals surface area (Å²) in [5, 5.41) is 11.5. The monoisotopic (exact) mass is 221 g/mol. The van der Waals surface area contributed by atoms with Crippen molar-refractivity contribution in [3.63, 3.8) is 0 Å². The topological polar surface area (TPSA) is 47.0 Å². The van der Waals surface area contributed by atoms with Gasteiger partial charge in [-0.3, -0.25) is 0 Å². The van der Waals surface area contributed by atoms with E-state index in [1.54, 1.807) is 0 Å². The van der Waals surface area contributed by atoms with Crippen molar-refractivity contribution in [2.45, 2.75) is 51.8 Å². The molecule has 1 aliphatic rings. The van der Waals surface area contributed by atoms with E-state index in [1.165, 1.54) is 6.42 Å². The third kappa shape index (κ3) is 3.17. The molecule has 0 spiro atoms. The van der Waals surface area contributed by atoms with Crippen molar-refractivity contribution in [1.29, 1.82) is 0 Å². The molecule has 1 aliphatic carbocycles. The number of nitrogens with zero attached hydrogens (tertiary/aromatic N) is 2. The molecule has 0 unspecified atom stereocenters. The Morgan fingerprint density at radius 1 is 1.38 bits per heavy atom. The maximum absolute atomic E-state index is 5.64. The summed E-state index contributed by atoms with van der Waals surface area (Å²) in [4.78, 5) is 0. The van der Waals surface area contributed by atoms with Crippen LogP contribution >= 0.6 is 0 Å². The molecule has 1 heterocycles. The first-order valence-corrected chi connectivity index (χ1v) is 5.96. The highest BCUT2D eigenvalue weighted by atomic mass is 16.5. The van der Waals surface area contributed by atoms with Gasteiger partial charge in [0.2, 0.25) is 5.88 Å². The Bertz CT molecular complexity index is 320. The number of hydrogen-bond acceptors (Lipinski definition) is 4. The minimum absolute atomic E-state index is 0.369. The molecular weight excluding hydrogens is 202 g/mol. The Balaban J connectivity index is 1.83. The predicted octanol–water partition coefficient (Wildman–Crippen LogP) is 1.91. The molecule has 0 saturated heterocycles. The first-order valence-electron chi connectivity index (χ1n) is 5.96. The minimum Gasteiger partial charge on any atom is -0.473 e. The summed E-state index contributed by atoms with van der Waals surface area (Å²) in [6.45, 7) is 4.98. The molecule has 0 bridgehead atoms. The van der Waals surface area contributed by atoms with E-state index >= 15 is 0 Å². The fourth-order valence-corrected chi connectivity index (χ4v) is 1.47. The van der Waals surface area contributed by atoms with Gasteiger partial charge in [0.25, 0.3) is 0 Å². The molecule has 0 radical (unpaired) electrons. The number of ether oxygens (including phenoxy) is 1. The van der Waals surface area contributed by atoms with Gasteiger partial charge in [0.15, 0.2) is 0 Å². The van der Waals surface area contributed by atoms with Crippen molar-refractivity contribution in [3.05, 3.63) is 17.8 Å². The normalized spacial score (nSPS) is 16.2. The van der Waals surface area contributed by atoms with Crippen molar-refractivity contribution in [2.75, 3.05) is 0 Å². The summed E-state index contributed by atoms with van der Waals surface area (Å²) in [7, 11) is 0. The van der Waals surface area contributed by atoms with Gasteiger partial charge in [-0.2, -0.15) is 5.10 Å². The van der Waals surface area contributed by atoms with Gasteiger partial charge in [-0.25, -0.2) is 0 Å². The highest BCUT2D eigenvalue weighted by molar-refractivity contribution is 5.12. The van der Waals surface area contributed by atoms with Gasteiger partial charge < -0.3 is 10.1 Å². The first kappa shape index (κ1) is 11.3. The molecule has 2 rings (SSSR count). The Morgan fingerprint density at radius 3 is 2.69 bits per heavy atom. The van der Waals surface area contributed by atoms with Crippen molar-refractivity contribution >= 4 is 0 Å². The molecule has 4 heteroatoms. The lowest BCUT2D eigenvalue weighted by Gasteiger charge is -2.25. The van der Waals surface area contributed by atoms with Crippen molar-refractivity contribution < 1.29 is 4.74 Å².